The van der Waals surface area contributed by atoms with Crippen molar-refractivity contribution >= 4 is 33.9 Å². The van der Waals surface area contributed by atoms with E-state index in [1.807, 2.05) is 0 Å². The van der Waals surface area contributed by atoms with Gasteiger partial charge in [0.05, 0.1) is 50.6 Å². The van der Waals surface area contributed by atoms with Gasteiger partial charge >= 0.3 is 0 Å². The highest BCUT2D eigenvalue weighted by atomic mass is 32.2. The van der Waals surface area contributed by atoms with Gasteiger partial charge in [0, 0.05) is 11.4 Å². The van der Waals surface area contributed by atoms with E-state index in [0.29, 0.717) is 24.2 Å². The van der Waals surface area contributed by atoms with Gasteiger partial charge in [-0.1, -0.05) is 23.5 Å². The second kappa shape index (κ2) is 4.91. The summed E-state index contributed by atoms with van der Waals surface area (Å²) in [5.41, 5.74) is 1.33. The molecule has 1 N–H and O–H groups in total. The standard InChI is InChI=1S/C13H16N4O2S2/c1-8-9(2-18-1)15-12(14-8)20-5-7-6-21-13-16-10-3-19-4-11(10)17(7)13/h6,8-11H,1-5H2,(H,14,15)/t8-,9-,10-,11-/m1/s1. The Morgan fingerprint density at radius 2 is 2.14 bits per heavy atom. The Labute approximate surface area is 131 Å². The molecule has 112 valence electrons. The largest absolute Gasteiger partial charge is 0.377 e. The summed E-state index contributed by atoms with van der Waals surface area (Å²) in [5.74, 6) is 0.932. The average molecular weight is 324 g/mol. The van der Waals surface area contributed by atoms with Gasteiger partial charge in [0.2, 0.25) is 0 Å². The molecule has 2 fully saturated rings. The van der Waals surface area contributed by atoms with E-state index in [1.165, 1.54) is 5.70 Å². The van der Waals surface area contributed by atoms with Crippen molar-refractivity contribution in [2.45, 2.75) is 24.2 Å². The van der Waals surface area contributed by atoms with Gasteiger partial charge in [-0.05, 0) is 5.41 Å². The maximum Gasteiger partial charge on any atom is 0.168 e. The molecule has 8 heteroatoms. The van der Waals surface area contributed by atoms with Gasteiger partial charge in [0.1, 0.15) is 0 Å². The van der Waals surface area contributed by atoms with Crippen molar-refractivity contribution in [2.24, 2.45) is 9.98 Å². The van der Waals surface area contributed by atoms with E-state index >= 15 is 0 Å². The van der Waals surface area contributed by atoms with Gasteiger partial charge in [-0.15, -0.1) is 0 Å². The van der Waals surface area contributed by atoms with Crippen LogP contribution in [0.3, 0.4) is 0 Å². The van der Waals surface area contributed by atoms with E-state index in [1.54, 1.807) is 23.5 Å². The van der Waals surface area contributed by atoms with Crippen LogP contribution >= 0.6 is 23.5 Å². The first-order chi connectivity index (χ1) is 10.4. The van der Waals surface area contributed by atoms with Gasteiger partial charge in [-0.3, -0.25) is 9.98 Å². The third-order valence-corrected chi connectivity index (χ3v) is 6.28. The summed E-state index contributed by atoms with van der Waals surface area (Å²) in [6.07, 6.45) is 0. The fourth-order valence-corrected chi connectivity index (χ4v) is 5.39. The zero-order valence-corrected chi connectivity index (χ0v) is 13.0. The molecular formula is C13H16N4O2S2. The second-order valence-corrected chi connectivity index (χ2v) is 7.56. The number of amidine groups is 2. The van der Waals surface area contributed by atoms with Crippen LogP contribution in [0, 0.1) is 0 Å². The maximum atomic E-state index is 5.55. The van der Waals surface area contributed by atoms with Crippen molar-refractivity contribution in [1.82, 2.24) is 10.2 Å². The van der Waals surface area contributed by atoms with Crippen LogP contribution in [0.4, 0.5) is 0 Å². The predicted molar refractivity (Wildman–Crippen MR) is 84.8 cm³/mol. The van der Waals surface area contributed by atoms with Crippen LogP contribution in [0.25, 0.3) is 0 Å². The van der Waals surface area contributed by atoms with E-state index in [4.69, 9.17) is 19.5 Å². The van der Waals surface area contributed by atoms with Crippen molar-refractivity contribution in [1.29, 1.82) is 0 Å². The molecule has 0 aliphatic carbocycles. The summed E-state index contributed by atoms with van der Waals surface area (Å²) >= 11 is 3.53. The van der Waals surface area contributed by atoms with Crippen molar-refractivity contribution in [3.63, 3.8) is 0 Å². The minimum atomic E-state index is 0.316. The molecule has 0 saturated carbocycles. The molecule has 0 aromatic heterocycles. The molecule has 5 rings (SSSR count). The molecular weight excluding hydrogens is 308 g/mol. The van der Waals surface area contributed by atoms with Crippen molar-refractivity contribution in [3.05, 3.63) is 11.1 Å². The van der Waals surface area contributed by atoms with Gasteiger partial charge in [-0.2, -0.15) is 0 Å². The van der Waals surface area contributed by atoms with Gasteiger partial charge in [-0.25, -0.2) is 0 Å². The monoisotopic (exact) mass is 324 g/mol. The first-order valence-corrected chi connectivity index (χ1v) is 9.10. The zero-order valence-electron chi connectivity index (χ0n) is 11.4. The molecule has 21 heavy (non-hydrogen) atoms. The minimum absolute atomic E-state index is 0.316. The molecule has 6 nitrogen and oxygen atoms in total. The first-order valence-electron chi connectivity index (χ1n) is 7.24. The normalized spacial score (nSPS) is 39.6. The van der Waals surface area contributed by atoms with Crippen molar-refractivity contribution < 1.29 is 9.47 Å². The average Bonchev–Trinajstić information content (AvgIpc) is 3.20. The molecule has 0 bridgehead atoms. The Bertz CT molecular complexity index is 564. The third-order valence-electron chi connectivity index (χ3n) is 4.44. The molecule has 2 saturated heterocycles. The maximum absolute atomic E-state index is 5.55. The fourth-order valence-electron chi connectivity index (χ4n) is 3.33. The van der Waals surface area contributed by atoms with E-state index in [-0.39, 0.29) is 0 Å². The topological polar surface area (TPSA) is 58.5 Å². The highest BCUT2D eigenvalue weighted by Crippen LogP contribution is 2.38. The summed E-state index contributed by atoms with van der Waals surface area (Å²) in [6, 6.07) is 1.44. The quantitative estimate of drug-likeness (QED) is 0.797. The van der Waals surface area contributed by atoms with E-state index in [2.05, 4.69) is 15.6 Å². The summed E-state index contributed by atoms with van der Waals surface area (Å²) < 4.78 is 11.0. The van der Waals surface area contributed by atoms with Crippen LogP contribution in [0.2, 0.25) is 0 Å². The Morgan fingerprint density at radius 3 is 3.10 bits per heavy atom. The van der Waals surface area contributed by atoms with Crippen molar-refractivity contribution in [3.8, 4) is 0 Å². The number of rotatable bonds is 2. The highest BCUT2D eigenvalue weighted by molar-refractivity contribution is 8.17. The molecule has 0 unspecified atom stereocenters. The Balaban J connectivity index is 1.25. The number of thioether (sulfide) groups is 2. The molecule has 5 aliphatic heterocycles. The summed E-state index contributed by atoms with van der Waals surface area (Å²) in [5, 5.41) is 7.89. The van der Waals surface area contributed by atoms with Crippen LogP contribution in [-0.2, 0) is 9.47 Å². The van der Waals surface area contributed by atoms with Crippen LogP contribution in [0.5, 0.6) is 0 Å². The van der Waals surface area contributed by atoms with Gasteiger partial charge in [0.25, 0.3) is 0 Å². The molecule has 0 aromatic rings. The lowest BCUT2D eigenvalue weighted by molar-refractivity contribution is 0.178. The van der Waals surface area contributed by atoms with Crippen LogP contribution in [-0.4, -0.2) is 71.6 Å². The van der Waals surface area contributed by atoms with Crippen LogP contribution in [0.1, 0.15) is 0 Å². The van der Waals surface area contributed by atoms with Crippen LogP contribution < -0.4 is 5.32 Å². The number of aliphatic imine (C=N–C) groups is 2. The van der Waals surface area contributed by atoms with Gasteiger partial charge in [0.15, 0.2) is 10.3 Å². The molecule has 0 spiro atoms. The molecule has 5 aliphatic rings. The molecule has 0 amide bonds. The second-order valence-electron chi connectivity index (χ2n) is 5.76. The lowest BCUT2D eigenvalue weighted by Crippen LogP contribution is -2.37. The third kappa shape index (κ3) is 2.03. The first kappa shape index (κ1) is 12.8. The lowest BCUT2D eigenvalue weighted by atomic mass is 10.2. The number of nitrogens with zero attached hydrogens (tertiary/aromatic N) is 3. The Kier molecular flexibility index (Phi) is 2.99. The Morgan fingerprint density at radius 1 is 1.24 bits per heavy atom. The Hall–Kier alpha value is -0.700. The SMILES string of the molecule is C1=C(CSC2=N[C@@H]3COC[C@H]3N2)N2C(=N[C@@H]3COC[C@H]32)S1. The number of fused-ring (bicyclic) bond motifs is 4. The highest BCUT2D eigenvalue weighted by Gasteiger charge is 2.44. The summed E-state index contributed by atoms with van der Waals surface area (Å²) in [4.78, 5) is 11.8. The number of ether oxygens (including phenoxy) is 2. The number of hydrogen-bond donors (Lipinski definition) is 1. The summed E-state index contributed by atoms with van der Waals surface area (Å²) in [7, 11) is 0. The van der Waals surface area contributed by atoms with Crippen LogP contribution in [0.15, 0.2) is 21.1 Å². The smallest absolute Gasteiger partial charge is 0.168 e. The number of hydrogen-bond acceptors (Lipinski definition) is 8. The molecule has 4 atom stereocenters. The zero-order chi connectivity index (χ0) is 13.8. The van der Waals surface area contributed by atoms with E-state index in [0.717, 1.165) is 42.5 Å². The van der Waals surface area contributed by atoms with E-state index in [9.17, 15) is 0 Å². The molecule has 5 heterocycles. The molecule has 0 radical (unpaired) electrons. The fraction of sp³-hybridized carbons (Fsp3) is 0.692. The number of nitrogens with one attached hydrogen (secondary N) is 1. The molecule has 0 aromatic carbocycles. The van der Waals surface area contributed by atoms with E-state index < -0.39 is 0 Å². The van der Waals surface area contributed by atoms with Gasteiger partial charge < -0.3 is 19.7 Å². The minimum Gasteiger partial charge on any atom is -0.377 e. The lowest BCUT2D eigenvalue weighted by Gasteiger charge is -2.23. The van der Waals surface area contributed by atoms with Crippen molar-refractivity contribution in [2.75, 3.05) is 32.2 Å². The summed E-state index contributed by atoms with van der Waals surface area (Å²) in [6.45, 7) is 3.09. The predicted octanol–water partition coefficient (Wildman–Crippen LogP) is 0.473.